The second-order valence-corrected chi connectivity index (χ2v) is 8.74. The molecule has 140 valence electrons. The summed E-state index contributed by atoms with van der Waals surface area (Å²) < 4.78 is 24.8. The molecule has 2 rings (SSSR count). The molecule has 1 fully saturated rings. The van der Waals surface area contributed by atoms with Crippen LogP contribution in [-0.4, -0.2) is 75.7 Å². The van der Waals surface area contributed by atoms with E-state index in [-0.39, 0.29) is 12.0 Å². The first-order chi connectivity index (χ1) is 11.4. The average Bonchev–Trinajstić information content (AvgIpc) is 2.78. The number of β-lactam (4-membered cyclic amide) rings is 1. The van der Waals surface area contributed by atoms with Gasteiger partial charge in [0.15, 0.2) is 9.84 Å². The van der Waals surface area contributed by atoms with Gasteiger partial charge < -0.3 is 26.0 Å². The fourth-order valence-corrected chi connectivity index (χ4v) is 4.85. The van der Waals surface area contributed by atoms with Crippen LogP contribution >= 0.6 is 0 Å². The summed E-state index contributed by atoms with van der Waals surface area (Å²) in [6, 6.07) is -2.25. The minimum atomic E-state index is -4.06. The predicted octanol–water partition coefficient (Wildman–Crippen LogP) is -1.85. The van der Waals surface area contributed by atoms with E-state index in [2.05, 4.69) is 0 Å². The number of hydrogen-bond donors (Lipinski definition) is 4. The molecule has 0 radical (unpaired) electrons. The number of aliphatic hydroxyl groups is 1. The molecule has 1 saturated heterocycles. The largest absolute Gasteiger partial charge is 0.480 e. The molecule has 5 atom stereocenters. The molecule has 0 saturated carbocycles. The molecule has 0 spiro atoms. The van der Waals surface area contributed by atoms with Crippen molar-refractivity contribution in [3.63, 3.8) is 0 Å². The molecule has 2 heterocycles. The number of carbonyl (C=O) groups is 3. The minimum absolute atomic E-state index is 0.00278. The van der Waals surface area contributed by atoms with Crippen LogP contribution in [0.5, 0.6) is 0 Å². The van der Waals surface area contributed by atoms with Crippen molar-refractivity contribution >= 4 is 27.7 Å². The zero-order chi connectivity index (χ0) is 19.3. The van der Waals surface area contributed by atoms with Crippen molar-refractivity contribution in [3.05, 3.63) is 11.3 Å². The van der Waals surface area contributed by atoms with Gasteiger partial charge in [0.1, 0.15) is 11.7 Å². The lowest BCUT2D eigenvalue weighted by molar-refractivity contribution is -0.161. The van der Waals surface area contributed by atoms with Crippen molar-refractivity contribution in [1.29, 1.82) is 0 Å². The summed E-state index contributed by atoms with van der Waals surface area (Å²) in [4.78, 5) is 35.4. The van der Waals surface area contributed by atoms with Gasteiger partial charge in [-0.1, -0.05) is 0 Å². The third kappa shape index (κ3) is 3.14. The number of amides is 1. The van der Waals surface area contributed by atoms with Crippen LogP contribution in [0.25, 0.3) is 0 Å². The topological polar surface area (TPSA) is 175 Å². The highest BCUT2D eigenvalue weighted by Gasteiger charge is 2.57. The monoisotopic (exact) mass is 376 g/mol. The molecule has 0 aromatic carbocycles. The molecule has 0 aliphatic carbocycles. The first kappa shape index (κ1) is 19.3. The van der Waals surface area contributed by atoms with E-state index in [1.165, 1.54) is 6.92 Å². The van der Waals surface area contributed by atoms with Crippen LogP contribution in [0, 0.1) is 5.92 Å². The van der Waals surface area contributed by atoms with Gasteiger partial charge in [-0.05, 0) is 25.8 Å². The Balaban J connectivity index is 2.31. The van der Waals surface area contributed by atoms with Gasteiger partial charge >= 0.3 is 11.9 Å². The van der Waals surface area contributed by atoms with E-state index >= 15 is 0 Å². The molecule has 10 nitrogen and oxygen atoms in total. The van der Waals surface area contributed by atoms with Crippen LogP contribution in [0.2, 0.25) is 0 Å². The van der Waals surface area contributed by atoms with Crippen molar-refractivity contribution in [3.8, 4) is 0 Å². The minimum Gasteiger partial charge on any atom is -0.480 e. The number of carbonyl (C=O) groups excluding carboxylic acids is 1. The van der Waals surface area contributed by atoms with E-state index in [1.807, 2.05) is 0 Å². The van der Waals surface area contributed by atoms with Crippen molar-refractivity contribution in [1.82, 2.24) is 4.90 Å². The van der Waals surface area contributed by atoms with Crippen LogP contribution in [-0.2, 0) is 24.2 Å². The number of hydrogen-bond acceptors (Lipinski definition) is 7. The highest BCUT2D eigenvalue weighted by molar-refractivity contribution is 7.92. The maximum atomic E-state index is 12.4. The standard InChI is InChI=1S/C14H20N2O8S/c1-5(17)9-8-3-7(11(14(21)22)16(8)12(9)18)4-25(23,24)6(2)10(15)13(19)20/h5-6,8-10,17H,3-4,15H2,1-2H3,(H,19,20)(H,21,22). The predicted molar refractivity (Wildman–Crippen MR) is 83.9 cm³/mol. The van der Waals surface area contributed by atoms with Crippen LogP contribution in [0.15, 0.2) is 11.3 Å². The summed E-state index contributed by atoms with van der Waals surface area (Å²) in [7, 11) is -4.06. The Morgan fingerprint density at radius 3 is 2.32 bits per heavy atom. The number of carboxylic acid groups (broad SMARTS) is 2. The first-order valence-corrected chi connectivity index (χ1v) is 9.28. The van der Waals surface area contributed by atoms with Gasteiger partial charge in [-0.2, -0.15) is 0 Å². The summed E-state index contributed by atoms with van der Waals surface area (Å²) >= 11 is 0. The van der Waals surface area contributed by atoms with Crippen LogP contribution < -0.4 is 5.73 Å². The molecule has 5 N–H and O–H groups in total. The Morgan fingerprint density at radius 2 is 1.88 bits per heavy atom. The van der Waals surface area contributed by atoms with Crippen LogP contribution in [0.4, 0.5) is 0 Å². The average molecular weight is 376 g/mol. The number of nitrogens with two attached hydrogens (primary N) is 1. The van der Waals surface area contributed by atoms with Gasteiger partial charge in [0.2, 0.25) is 5.91 Å². The van der Waals surface area contributed by atoms with Gasteiger partial charge in [0, 0.05) is 0 Å². The van der Waals surface area contributed by atoms with E-state index in [1.54, 1.807) is 0 Å². The number of aliphatic hydroxyl groups excluding tert-OH is 1. The number of fused-ring (bicyclic) bond motifs is 1. The maximum absolute atomic E-state index is 12.4. The SMILES string of the molecule is CC(O)C1C(=O)N2C(C(=O)O)=C(CS(=O)(=O)C(C)C(N)C(=O)O)CC12. The lowest BCUT2D eigenvalue weighted by Gasteiger charge is -2.44. The van der Waals surface area contributed by atoms with Crippen LogP contribution in [0.1, 0.15) is 20.3 Å². The lowest BCUT2D eigenvalue weighted by atomic mass is 9.83. The summed E-state index contributed by atoms with van der Waals surface area (Å²) in [5.74, 6) is -4.99. The third-order valence-corrected chi connectivity index (χ3v) is 6.93. The molecule has 0 aromatic rings. The maximum Gasteiger partial charge on any atom is 0.352 e. The fourth-order valence-electron chi connectivity index (χ4n) is 3.29. The fraction of sp³-hybridized carbons (Fsp3) is 0.643. The number of carboxylic acids is 2. The van der Waals surface area contributed by atoms with Gasteiger partial charge in [-0.15, -0.1) is 0 Å². The molecular formula is C14H20N2O8S. The number of aliphatic carboxylic acids is 2. The third-order valence-electron chi connectivity index (χ3n) is 4.76. The second kappa shape index (κ2) is 6.39. The first-order valence-electron chi connectivity index (χ1n) is 7.56. The summed E-state index contributed by atoms with van der Waals surface area (Å²) in [6.07, 6.45) is -0.990. The quantitative estimate of drug-likeness (QED) is 0.372. The Kier molecular flexibility index (Phi) is 4.94. The van der Waals surface area contributed by atoms with Crippen molar-refractivity contribution in [2.45, 2.75) is 43.7 Å². The number of nitrogens with zero attached hydrogens (tertiary/aromatic N) is 1. The Bertz CT molecular complexity index is 757. The molecular weight excluding hydrogens is 356 g/mol. The molecule has 0 aromatic heterocycles. The Hall–Kier alpha value is -1.98. The zero-order valence-electron chi connectivity index (χ0n) is 13.6. The van der Waals surface area contributed by atoms with E-state index in [0.717, 1.165) is 11.8 Å². The summed E-state index contributed by atoms with van der Waals surface area (Å²) in [5.41, 5.74) is 4.96. The van der Waals surface area contributed by atoms with E-state index in [0.29, 0.717) is 0 Å². The normalized spacial score (nSPS) is 26.7. The lowest BCUT2D eigenvalue weighted by Crippen LogP contribution is -2.61. The summed E-state index contributed by atoms with van der Waals surface area (Å²) in [6.45, 7) is 2.55. The smallest absolute Gasteiger partial charge is 0.352 e. The summed E-state index contributed by atoms with van der Waals surface area (Å²) in [5, 5.41) is 26.4. The van der Waals surface area contributed by atoms with E-state index < -0.39 is 68.5 Å². The molecule has 5 unspecified atom stereocenters. The second-order valence-electron chi connectivity index (χ2n) is 6.38. The Morgan fingerprint density at radius 1 is 1.32 bits per heavy atom. The molecule has 0 bridgehead atoms. The van der Waals surface area contributed by atoms with Gasteiger partial charge in [0.05, 0.1) is 29.1 Å². The van der Waals surface area contributed by atoms with Gasteiger partial charge in [0.25, 0.3) is 0 Å². The van der Waals surface area contributed by atoms with E-state index in [4.69, 9.17) is 10.8 Å². The van der Waals surface area contributed by atoms with Gasteiger partial charge in [-0.3, -0.25) is 9.59 Å². The zero-order valence-corrected chi connectivity index (χ0v) is 14.4. The van der Waals surface area contributed by atoms with Gasteiger partial charge in [-0.25, -0.2) is 13.2 Å². The van der Waals surface area contributed by atoms with Crippen LogP contribution in [0.3, 0.4) is 0 Å². The van der Waals surface area contributed by atoms with Crippen molar-refractivity contribution in [2.24, 2.45) is 11.7 Å². The van der Waals surface area contributed by atoms with E-state index in [9.17, 15) is 33.0 Å². The molecule has 25 heavy (non-hydrogen) atoms. The molecule has 11 heteroatoms. The highest BCUT2D eigenvalue weighted by atomic mass is 32.2. The molecule has 1 amide bonds. The number of rotatable bonds is 7. The van der Waals surface area contributed by atoms with Crippen molar-refractivity contribution < 1.29 is 38.1 Å². The Labute approximate surface area is 143 Å². The molecule has 2 aliphatic heterocycles. The number of sulfone groups is 1. The van der Waals surface area contributed by atoms with Crippen molar-refractivity contribution in [2.75, 3.05) is 5.75 Å². The highest BCUT2D eigenvalue weighted by Crippen LogP contribution is 2.44. The molecule has 2 aliphatic rings.